The van der Waals surface area contributed by atoms with E-state index in [1.807, 2.05) is 48.2 Å². The second kappa shape index (κ2) is 7.67. The molecule has 3 aromatic rings. The average molecular weight is 394 g/mol. The van der Waals surface area contributed by atoms with Gasteiger partial charge in [0.15, 0.2) is 11.3 Å². The smallest absolute Gasteiger partial charge is 0.289 e. The Bertz CT molecular complexity index is 1060. The maximum atomic E-state index is 13.0. The molecular weight excluding hydrogens is 374 g/mol. The highest BCUT2D eigenvalue weighted by atomic mass is 35.5. The summed E-state index contributed by atoms with van der Waals surface area (Å²) in [5, 5.41) is 10.3. The van der Waals surface area contributed by atoms with E-state index in [1.54, 1.807) is 6.07 Å². The van der Waals surface area contributed by atoms with Gasteiger partial charge in [0.2, 0.25) is 0 Å². The van der Waals surface area contributed by atoms with Crippen LogP contribution in [0.25, 0.3) is 11.0 Å². The molecule has 2 aromatic carbocycles. The van der Waals surface area contributed by atoms with Crippen molar-refractivity contribution in [1.29, 1.82) is 5.26 Å². The van der Waals surface area contributed by atoms with Crippen LogP contribution in [0.1, 0.15) is 27.2 Å². The lowest BCUT2D eigenvalue weighted by molar-refractivity contribution is 0.0599. The average Bonchev–Trinajstić information content (AvgIpc) is 3.07. The third kappa shape index (κ3) is 3.49. The molecule has 1 amide bonds. The molecule has 0 aliphatic carbocycles. The normalized spacial score (nSPS) is 15.0. The fraction of sp³-hybridized carbons (Fsp3) is 0.273. The first-order valence-corrected chi connectivity index (χ1v) is 9.63. The van der Waals surface area contributed by atoms with Gasteiger partial charge in [0, 0.05) is 43.7 Å². The van der Waals surface area contributed by atoms with Gasteiger partial charge in [-0.3, -0.25) is 9.69 Å². The third-order valence-corrected chi connectivity index (χ3v) is 5.56. The van der Waals surface area contributed by atoms with Crippen LogP contribution in [-0.4, -0.2) is 41.9 Å². The number of carbonyl (C=O) groups excluding carboxylic acids is 1. The summed E-state index contributed by atoms with van der Waals surface area (Å²) in [5.74, 6) is 0.298. The summed E-state index contributed by atoms with van der Waals surface area (Å²) in [4.78, 5) is 17.1. The Morgan fingerprint density at radius 3 is 2.50 bits per heavy atom. The number of halogens is 1. The molecule has 28 heavy (non-hydrogen) atoms. The van der Waals surface area contributed by atoms with Crippen LogP contribution in [0.2, 0.25) is 5.02 Å². The molecule has 1 aromatic heterocycles. The van der Waals surface area contributed by atoms with Gasteiger partial charge in [0.05, 0.1) is 16.7 Å². The zero-order valence-corrected chi connectivity index (χ0v) is 16.4. The van der Waals surface area contributed by atoms with Crippen molar-refractivity contribution < 1.29 is 9.21 Å². The zero-order valence-electron chi connectivity index (χ0n) is 15.6. The number of hydrogen-bond donors (Lipinski definition) is 0. The Labute approximate surface area is 168 Å². The topological polar surface area (TPSA) is 60.5 Å². The first-order valence-electron chi connectivity index (χ1n) is 9.25. The minimum absolute atomic E-state index is 0.0808. The Balaban J connectivity index is 1.42. The summed E-state index contributed by atoms with van der Waals surface area (Å²) < 4.78 is 5.83. The van der Waals surface area contributed by atoms with Gasteiger partial charge in [-0.15, -0.1) is 0 Å². The van der Waals surface area contributed by atoms with Gasteiger partial charge in [-0.05, 0) is 30.7 Å². The van der Waals surface area contributed by atoms with Gasteiger partial charge in [-0.25, -0.2) is 0 Å². The van der Waals surface area contributed by atoms with E-state index in [9.17, 15) is 4.79 Å². The number of para-hydroxylation sites is 1. The first kappa shape index (κ1) is 18.5. The molecule has 0 unspecified atom stereocenters. The predicted octanol–water partition coefficient (Wildman–Crippen LogP) is 4.22. The van der Waals surface area contributed by atoms with Crippen LogP contribution in [0.4, 0.5) is 0 Å². The summed E-state index contributed by atoms with van der Waals surface area (Å²) >= 11 is 6.20. The van der Waals surface area contributed by atoms with Crippen LogP contribution >= 0.6 is 11.6 Å². The number of amides is 1. The van der Waals surface area contributed by atoms with Crippen molar-refractivity contribution in [3.8, 4) is 6.07 Å². The monoisotopic (exact) mass is 393 g/mol. The molecule has 1 aliphatic rings. The molecule has 0 radical (unpaired) electrons. The molecule has 0 spiro atoms. The molecule has 0 bridgehead atoms. The van der Waals surface area contributed by atoms with Crippen LogP contribution < -0.4 is 0 Å². The number of fused-ring (bicyclic) bond motifs is 1. The molecule has 0 N–H and O–H groups in total. The number of nitrogens with zero attached hydrogens (tertiary/aromatic N) is 3. The van der Waals surface area contributed by atoms with Crippen molar-refractivity contribution in [2.24, 2.45) is 0 Å². The number of rotatable bonds is 3. The predicted molar refractivity (Wildman–Crippen MR) is 108 cm³/mol. The van der Waals surface area contributed by atoms with Crippen molar-refractivity contribution in [3.63, 3.8) is 0 Å². The quantitative estimate of drug-likeness (QED) is 0.668. The Morgan fingerprint density at radius 2 is 1.86 bits per heavy atom. The minimum atomic E-state index is -0.0808. The molecule has 4 rings (SSSR count). The number of carbonyl (C=O) groups is 1. The lowest BCUT2D eigenvalue weighted by Crippen LogP contribution is -2.48. The van der Waals surface area contributed by atoms with Crippen molar-refractivity contribution >= 4 is 28.5 Å². The molecule has 1 aliphatic heterocycles. The highest BCUT2D eigenvalue weighted by Gasteiger charge is 2.27. The summed E-state index contributed by atoms with van der Waals surface area (Å²) in [6.07, 6.45) is 0. The minimum Gasteiger partial charge on any atom is -0.449 e. The molecule has 5 nitrogen and oxygen atoms in total. The number of aryl methyl sites for hydroxylation is 1. The molecule has 1 saturated heterocycles. The van der Waals surface area contributed by atoms with Gasteiger partial charge in [0.25, 0.3) is 5.91 Å². The van der Waals surface area contributed by atoms with E-state index < -0.39 is 0 Å². The lowest BCUT2D eigenvalue weighted by Gasteiger charge is -2.34. The summed E-state index contributed by atoms with van der Waals surface area (Å²) in [6.45, 7) is 5.61. The summed E-state index contributed by atoms with van der Waals surface area (Å²) in [5.41, 5.74) is 3.24. The van der Waals surface area contributed by atoms with Crippen molar-refractivity contribution in [3.05, 3.63) is 69.9 Å². The van der Waals surface area contributed by atoms with E-state index >= 15 is 0 Å². The maximum absolute atomic E-state index is 13.0. The van der Waals surface area contributed by atoms with Gasteiger partial charge in [-0.1, -0.05) is 35.9 Å². The second-order valence-electron chi connectivity index (χ2n) is 7.05. The van der Waals surface area contributed by atoms with Gasteiger partial charge in [0.1, 0.15) is 0 Å². The number of benzene rings is 2. The summed E-state index contributed by atoms with van der Waals surface area (Å²) in [7, 11) is 0. The molecule has 0 atom stereocenters. The highest BCUT2D eigenvalue weighted by molar-refractivity contribution is 6.35. The maximum Gasteiger partial charge on any atom is 0.289 e. The van der Waals surface area contributed by atoms with Crippen molar-refractivity contribution in [2.75, 3.05) is 26.2 Å². The number of nitriles is 1. The fourth-order valence-corrected chi connectivity index (χ4v) is 3.82. The number of furan rings is 1. The first-order chi connectivity index (χ1) is 13.6. The highest BCUT2D eigenvalue weighted by Crippen LogP contribution is 2.31. The molecular formula is C22H20ClN3O2. The van der Waals surface area contributed by atoms with E-state index in [1.165, 1.54) is 5.56 Å². The van der Waals surface area contributed by atoms with Gasteiger partial charge in [-0.2, -0.15) is 5.26 Å². The van der Waals surface area contributed by atoms with Crippen LogP contribution in [-0.2, 0) is 6.54 Å². The lowest BCUT2D eigenvalue weighted by atomic mass is 10.1. The molecule has 6 heteroatoms. The van der Waals surface area contributed by atoms with Gasteiger partial charge >= 0.3 is 0 Å². The molecule has 0 saturated carbocycles. The molecule has 1 fully saturated rings. The second-order valence-corrected chi connectivity index (χ2v) is 7.46. The standard InChI is InChI=1S/C22H20ClN3O2/c1-15-18-3-2-4-19(23)21(18)28-20(15)22(27)26-11-9-25(10-12-26)14-17-7-5-16(13-24)6-8-17/h2-8H,9-12,14H2,1H3. The third-order valence-electron chi connectivity index (χ3n) is 5.26. The largest absolute Gasteiger partial charge is 0.449 e. The van der Waals surface area contributed by atoms with Crippen LogP contribution in [0, 0.1) is 18.3 Å². The number of piperazine rings is 1. The van der Waals surface area contributed by atoms with E-state index in [-0.39, 0.29) is 5.91 Å². The fourth-order valence-electron chi connectivity index (χ4n) is 3.61. The van der Waals surface area contributed by atoms with Gasteiger partial charge < -0.3 is 9.32 Å². The van der Waals surface area contributed by atoms with Crippen molar-refractivity contribution in [1.82, 2.24) is 9.80 Å². The van der Waals surface area contributed by atoms with E-state index in [0.29, 0.717) is 35.0 Å². The van der Waals surface area contributed by atoms with E-state index in [2.05, 4.69) is 11.0 Å². The van der Waals surface area contributed by atoms with Crippen molar-refractivity contribution in [2.45, 2.75) is 13.5 Å². The molecule has 142 valence electrons. The Morgan fingerprint density at radius 1 is 1.14 bits per heavy atom. The molecule has 2 heterocycles. The van der Waals surface area contributed by atoms with E-state index in [4.69, 9.17) is 21.3 Å². The SMILES string of the molecule is Cc1c(C(=O)N2CCN(Cc3ccc(C#N)cc3)CC2)oc2c(Cl)cccc12. The summed E-state index contributed by atoms with van der Waals surface area (Å²) in [6, 6.07) is 15.3. The van der Waals surface area contributed by atoms with Crippen LogP contribution in [0.3, 0.4) is 0 Å². The van der Waals surface area contributed by atoms with Crippen LogP contribution in [0.5, 0.6) is 0 Å². The van der Waals surface area contributed by atoms with E-state index in [0.717, 1.165) is 30.6 Å². The Kier molecular flexibility index (Phi) is 5.08. The number of hydrogen-bond acceptors (Lipinski definition) is 4. The Hall–Kier alpha value is -2.81. The van der Waals surface area contributed by atoms with Crippen LogP contribution in [0.15, 0.2) is 46.9 Å². The zero-order chi connectivity index (χ0) is 19.7.